The van der Waals surface area contributed by atoms with E-state index in [1.54, 1.807) is 6.92 Å². The number of anilines is 1. The van der Waals surface area contributed by atoms with Crippen molar-refractivity contribution in [2.75, 3.05) is 31.6 Å². The number of alkyl halides is 3. The third-order valence-corrected chi connectivity index (χ3v) is 3.62. The zero-order chi connectivity index (χ0) is 14.8. The maximum absolute atomic E-state index is 12.5. The van der Waals surface area contributed by atoms with E-state index in [1.807, 2.05) is 0 Å². The summed E-state index contributed by atoms with van der Waals surface area (Å²) in [4.78, 5) is 17.1. The maximum Gasteiger partial charge on any atom is 0.401 e. The topological polar surface area (TPSA) is 54.5 Å². The Morgan fingerprint density at radius 2 is 2.40 bits per heavy atom. The molecule has 1 aliphatic rings. The Hall–Kier alpha value is -1.19. The van der Waals surface area contributed by atoms with Gasteiger partial charge in [-0.2, -0.15) is 13.2 Å². The molecule has 1 N–H and O–H groups in total. The van der Waals surface area contributed by atoms with Gasteiger partial charge in [0.1, 0.15) is 11.0 Å². The van der Waals surface area contributed by atoms with Crippen molar-refractivity contribution in [1.29, 1.82) is 0 Å². The molecule has 1 unspecified atom stereocenters. The van der Waals surface area contributed by atoms with Gasteiger partial charge in [0.15, 0.2) is 0 Å². The predicted octanol–water partition coefficient (Wildman–Crippen LogP) is 1.65. The Labute approximate surface area is 117 Å². The molecule has 112 valence electrons. The lowest BCUT2D eigenvalue weighted by atomic mass is 10.2. The van der Waals surface area contributed by atoms with E-state index in [9.17, 15) is 18.0 Å². The highest BCUT2D eigenvalue weighted by molar-refractivity contribution is 7.15. The minimum atomic E-state index is -4.34. The minimum absolute atomic E-state index is 0.0420. The summed E-state index contributed by atoms with van der Waals surface area (Å²) in [5.74, 6) is -0.502. The standard InChI is InChI=1S/C11H14F3N3O2S/c1-7-15-4-9(20-7)16-10(18)8-5-19-3-2-17(8)6-11(12,13)14/h4,8H,2-3,5-6H2,1H3,(H,16,18). The van der Waals surface area contributed by atoms with Crippen LogP contribution in [0.3, 0.4) is 0 Å². The smallest absolute Gasteiger partial charge is 0.378 e. The number of carbonyl (C=O) groups is 1. The van der Waals surface area contributed by atoms with Gasteiger partial charge in [0.2, 0.25) is 5.91 Å². The van der Waals surface area contributed by atoms with Crippen LogP contribution in [-0.4, -0.2) is 54.3 Å². The van der Waals surface area contributed by atoms with E-state index in [2.05, 4.69) is 10.3 Å². The number of hydrogen-bond acceptors (Lipinski definition) is 5. The summed E-state index contributed by atoms with van der Waals surface area (Å²) in [5, 5.41) is 3.87. The van der Waals surface area contributed by atoms with Crippen LogP contribution in [0.5, 0.6) is 0 Å². The Kier molecular flexibility index (Phi) is 4.61. The highest BCUT2D eigenvalue weighted by Gasteiger charge is 2.38. The van der Waals surface area contributed by atoms with Gasteiger partial charge in [-0.15, -0.1) is 11.3 Å². The SMILES string of the molecule is Cc1ncc(NC(=O)C2COCCN2CC(F)(F)F)s1. The molecule has 1 fully saturated rings. The van der Waals surface area contributed by atoms with E-state index in [-0.39, 0.29) is 19.8 Å². The Morgan fingerprint density at radius 3 is 3.00 bits per heavy atom. The normalized spacial score (nSPS) is 20.9. The van der Waals surface area contributed by atoms with Crippen LogP contribution in [0.2, 0.25) is 0 Å². The fourth-order valence-corrected chi connectivity index (χ4v) is 2.60. The highest BCUT2D eigenvalue weighted by Crippen LogP contribution is 2.22. The second-order valence-electron chi connectivity index (χ2n) is 4.41. The first kappa shape index (κ1) is 15.2. The number of carbonyl (C=O) groups excluding carboxylic acids is 1. The molecule has 1 amide bonds. The van der Waals surface area contributed by atoms with Gasteiger partial charge in [-0.05, 0) is 6.92 Å². The van der Waals surface area contributed by atoms with E-state index < -0.39 is 24.7 Å². The van der Waals surface area contributed by atoms with Crippen LogP contribution in [0.15, 0.2) is 6.20 Å². The van der Waals surface area contributed by atoms with Gasteiger partial charge < -0.3 is 10.1 Å². The van der Waals surface area contributed by atoms with E-state index in [1.165, 1.54) is 17.5 Å². The molecule has 0 aromatic carbocycles. The number of amides is 1. The largest absolute Gasteiger partial charge is 0.401 e. The lowest BCUT2D eigenvalue weighted by molar-refractivity contribution is -0.165. The summed E-state index contributed by atoms with van der Waals surface area (Å²) in [6.07, 6.45) is -2.85. The van der Waals surface area contributed by atoms with Gasteiger partial charge in [-0.1, -0.05) is 0 Å². The first-order chi connectivity index (χ1) is 9.35. The van der Waals surface area contributed by atoms with Gasteiger partial charge in [0.05, 0.1) is 31.0 Å². The first-order valence-electron chi connectivity index (χ1n) is 5.97. The van der Waals surface area contributed by atoms with Crippen molar-refractivity contribution in [3.05, 3.63) is 11.2 Å². The highest BCUT2D eigenvalue weighted by atomic mass is 32.1. The molecule has 0 saturated carbocycles. The molecule has 5 nitrogen and oxygen atoms in total. The molecular formula is C11H14F3N3O2S. The molecule has 9 heteroatoms. The molecule has 2 heterocycles. The Balaban J connectivity index is 2.01. The average Bonchev–Trinajstić information content (AvgIpc) is 2.73. The van der Waals surface area contributed by atoms with Crippen LogP contribution < -0.4 is 5.32 Å². The lowest BCUT2D eigenvalue weighted by Gasteiger charge is -2.34. The van der Waals surface area contributed by atoms with Crippen molar-refractivity contribution in [2.45, 2.75) is 19.1 Å². The van der Waals surface area contributed by atoms with Crippen molar-refractivity contribution < 1.29 is 22.7 Å². The van der Waals surface area contributed by atoms with Gasteiger partial charge >= 0.3 is 6.18 Å². The summed E-state index contributed by atoms with van der Waals surface area (Å²) in [7, 11) is 0. The number of nitrogens with one attached hydrogen (secondary N) is 1. The van der Waals surface area contributed by atoms with Gasteiger partial charge in [0.25, 0.3) is 0 Å². The molecule has 1 aromatic heterocycles. The van der Waals surface area contributed by atoms with Gasteiger partial charge in [0, 0.05) is 6.54 Å². The number of rotatable bonds is 3. The number of hydrogen-bond donors (Lipinski definition) is 1. The van der Waals surface area contributed by atoms with Crippen LogP contribution >= 0.6 is 11.3 Å². The molecule has 20 heavy (non-hydrogen) atoms. The van der Waals surface area contributed by atoms with Crippen molar-refractivity contribution >= 4 is 22.2 Å². The third-order valence-electron chi connectivity index (χ3n) is 2.79. The lowest BCUT2D eigenvalue weighted by Crippen LogP contribution is -2.54. The quantitative estimate of drug-likeness (QED) is 0.922. The van der Waals surface area contributed by atoms with Crippen LogP contribution in [0, 0.1) is 6.92 Å². The summed E-state index contributed by atoms with van der Waals surface area (Å²) < 4.78 is 42.6. The van der Waals surface area contributed by atoms with E-state index in [4.69, 9.17) is 4.74 Å². The van der Waals surface area contributed by atoms with Crippen LogP contribution in [0.4, 0.5) is 18.2 Å². The molecule has 1 saturated heterocycles. The second kappa shape index (κ2) is 6.06. The summed E-state index contributed by atoms with van der Waals surface area (Å²) in [6.45, 7) is 0.898. The molecule has 1 aliphatic heterocycles. The van der Waals surface area contributed by atoms with Crippen LogP contribution in [0.25, 0.3) is 0 Å². The Bertz CT molecular complexity index is 478. The number of morpholine rings is 1. The molecule has 1 atom stereocenters. The maximum atomic E-state index is 12.5. The number of nitrogens with zero attached hydrogens (tertiary/aromatic N) is 2. The van der Waals surface area contributed by atoms with Gasteiger partial charge in [-0.25, -0.2) is 4.98 Å². The number of aryl methyl sites for hydroxylation is 1. The van der Waals surface area contributed by atoms with Gasteiger partial charge in [-0.3, -0.25) is 9.69 Å². The monoisotopic (exact) mass is 309 g/mol. The molecule has 2 rings (SSSR count). The molecule has 0 aliphatic carbocycles. The van der Waals surface area contributed by atoms with E-state index in [0.717, 1.165) is 9.91 Å². The fourth-order valence-electron chi connectivity index (χ4n) is 1.92. The van der Waals surface area contributed by atoms with Crippen molar-refractivity contribution in [1.82, 2.24) is 9.88 Å². The van der Waals surface area contributed by atoms with Crippen molar-refractivity contribution in [3.63, 3.8) is 0 Å². The summed E-state index contributed by atoms with van der Waals surface area (Å²) in [5.41, 5.74) is 0. The van der Waals surface area contributed by atoms with E-state index in [0.29, 0.717) is 5.00 Å². The van der Waals surface area contributed by atoms with Crippen molar-refractivity contribution in [3.8, 4) is 0 Å². The molecule has 1 aromatic rings. The average molecular weight is 309 g/mol. The molecular weight excluding hydrogens is 295 g/mol. The number of thiazole rings is 1. The molecule has 0 spiro atoms. The number of ether oxygens (including phenoxy) is 1. The Morgan fingerprint density at radius 1 is 1.65 bits per heavy atom. The number of halogens is 3. The molecule has 0 radical (unpaired) electrons. The predicted molar refractivity (Wildman–Crippen MR) is 67.7 cm³/mol. The fraction of sp³-hybridized carbons (Fsp3) is 0.636. The number of aromatic nitrogens is 1. The summed E-state index contributed by atoms with van der Waals surface area (Å²) >= 11 is 1.27. The first-order valence-corrected chi connectivity index (χ1v) is 6.78. The molecule has 0 bridgehead atoms. The van der Waals surface area contributed by atoms with Crippen molar-refractivity contribution in [2.24, 2.45) is 0 Å². The zero-order valence-electron chi connectivity index (χ0n) is 10.7. The third kappa shape index (κ3) is 4.15. The zero-order valence-corrected chi connectivity index (χ0v) is 11.6. The minimum Gasteiger partial charge on any atom is -0.378 e. The van der Waals surface area contributed by atoms with Crippen LogP contribution in [-0.2, 0) is 9.53 Å². The van der Waals surface area contributed by atoms with E-state index >= 15 is 0 Å². The summed E-state index contributed by atoms with van der Waals surface area (Å²) in [6, 6.07) is -0.937. The van der Waals surface area contributed by atoms with Crippen LogP contribution in [0.1, 0.15) is 5.01 Å². The second-order valence-corrected chi connectivity index (χ2v) is 5.64.